The highest BCUT2D eigenvalue weighted by Crippen LogP contribution is 2.23. The molecule has 5 nitrogen and oxygen atoms in total. The van der Waals surface area contributed by atoms with Crippen LogP contribution in [0.3, 0.4) is 0 Å². The molecule has 0 spiro atoms. The van der Waals surface area contributed by atoms with Crippen LogP contribution in [0.5, 0.6) is 5.75 Å². The van der Waals surface area contributed by atoms with E-state index in [1.807, 2.05) is 12.1 Å². The molecular weight excluding hydrogens is 254 g/mol. The standard InChI is InChI=1S/C15H23N3O2/c1-20-14-7-6-12(15(16)17-19)10-13(14)11-18-8-4-2-3-5-9-18/h6-7,10,19H,2-5,8-9,11H2,1H3,(H2,16,17). The second kappa shape index (κ2) is 7.14. The summed E-state index contributed by atoms with van der Waals surface area (Å²) in [5.41, 5.74) is 7.46. The summed E-state index contributed by atoms with van der Waals surface area (Å²) < 4.78 is 5.42. The van der Waals surface area contributed by atoms with Gasteiger partial charge in [-0.25, -0.2) is 0 Å². The SMILES string of the molecule is COc1ccc(/C(N)=N/O)cc1CN1CCCCCC1. The molecule has 1 saturated heterocycles. The van der Waals surface area contributed by atoms with Gasteiger partial charge in [0.05, 0.1) is 7.11 Å². The Morgan fingerprint density at radius 3 is 2.60 bits per heavy atom. The number of hydrogen-bond donors (Lipinski definition) is 2. The summed E-state index contributed by atoms with van der Waals surface area (Å²) in [5, 5.41) is 11.8. The Bertz CT molecular complexity index is 466. The molecule has 0 saturated carbocycles. The molecule has 0 atom stereocenters. The van der Waals surface area contributed by atoms with Gasteiger partial charge in [-0.1, -0.05) is 18.0 Å². The van der Waals surface area contributed by atoms with Crippen LogP contribution in [0, 0.1) is 0 Å². The molecule has 1 aliphatic rings. The van der Waals surface area contributed by atoms with Crippen molar-refractivity contribution in [1.29, 1.82) is 0 Å². The van der Waals surface area contributed by atoms with Gasteiger partial charge in [-0.15, -0.1) is 0 Å². The predicted octanol–water partition coefficient (Wildman–Crippen LogP) is 2.17. The van der Waals surface area contributed by atoms with Gasteiger partial charge in [0.15, 0.2) is 5.84 Å². The minimum atomic E-state index is 0.129. The Hall–Kier alpha value is -1.75. The first-order chi connectivity index (χ1) is 9.74. The van der Waals surface area contributed by atoms with Crippen LogP contribution >= 0.6 is 0 Å². The number of likely N-dealkylation sites (tertiary alicyclic amines) is 1. The van der Waals surface area contributed by atoms with Gasteiger partial charge in [0, 0.05) is 17.7 Å². The van der Waals surface area contributed by atoms with E-state index >= 15 is 0 Å². The molecular formula is C15H23N3O2. The van der Waals surface area contributed by atoms with Crippen LogP contribution in [0.2, 0.25) is 0 Å². The summed E-state index contributed by atoms with van der Waals surface area (Å²) in [6.45, 7) is 3.09. The van der Waals surface area contributed by atoms with Crippen LogP contribution < -0.4 is 10.5 Å². The van der Waals surface area contributed by atoms with E-state index in [2.05, 4.69) is 10.1 Å². The Morgan fingerprint density at radius 1 is 1.30 bits per heavy atom. The lowest BCUT2D eigenvalue weighted by Crippen LogP contribution is -2.24. The lowest BCUT2D eigenvalue weighted by molar-refractivity contribution is 0.271. The first kappa shape index (κ1) is 14.7. The molecule has 1 aliphatic heterocycles. The quantitative estimate of drug-likeness (QED) is 0.383. The van der Waals surface area contributed by atoms with E-state index < -0.39 is 0 Å². The fourth-order valence-electron chi connectivity index (χ4n) is 2.65. The van der Waals surface area contributed by atoms with Gasteiger partial charge < -0.3 is 15.7 Å². The Labute approximate surface area is 120 Å². The van der Waals surface area contributed by atoms with Gasteiger partial charge in [-0.05, 0) is 44.1 Å². The summed E-state index contributed by atoms with van der Waals surface area (Å²) in [6.07, 6.45) is 5.14. The molecule has 110 valence electrons. The van der Waals surface area contributed by atoms with E-state index in [1.54, 1.807) is 13.2 Å². The molecule has 2 rings (SSSR count). The Balaban J connectivity index is 2.19. The molecule has 0 unspecified atom stereocenters. The van der Waals surface area contributed by atoms with Crippen molar-refractivity contribution in [1.82, 2.24) is 4.90 Å². The van der Waals surface area contributed by atoms with Crippen molar-refractivity contribution in [3.8, 4) is 5.75 Å². The number of rotatable bonds is 4. The maximum Gasteiger partial charge on any atom is 0.170 e. The highest BCUT2D eigenvalue weighted by atomic mass is 16.5. The van der Waals surface area contributed by atoms with Gasteiger partial charge >= 0.3 is 0 Å². The lowest BCUT2D eigenvalue weighted by Gasteiger charge is -2.21. The largest absolute Gasteiger partial charge is 0.496 e. The fraction of sp³-hybridized carbons (Fsp3) is 0.533. The molecule has 5 heteroatoms. The van der Waals surface area contributed by atoms with Crippen molar-refractivity contribution in [3.05, 3.63) is 29.3 Å². The first-order valence-electron chi connectivity index (χ1n) is 7.11. The summed E-state index contributed by atoms with van der Waals surface area (Å²) in [4.78, 5) is 2.45. The molecule has 0 bridgehead atoms. The van der Waals surface area contributed by atoms with Crippen LogP contribution in [0.4, 0.5) is 0 Å². The number of benzene rings is 1. The monoisotopic (exact) mass is 277 g/mol. The van der Waals surface area contributed by atoms with E-state index in [-0.39, 0.29) is 5.84 Å². The highest BCUT2D eigenvalue weighted by Gasteiger charge is 2.13. The molecule has 1 aromatic rings. The molecule has 0 radical (unpaired) electrons. The molecule has 0 aliphatic carbocycles. The van der Waals surface area contributed by atoms with Crippen molar-refractivity contribution in [3.63, 3.8) is 0 Å². The number of amidine groups is 1. The number of nitrogens with two attached hydrogens (primary N) is 1. The van der Waals surface area contributed by atoms with Gasteiger partial charge in [0.2, 0.25) is 0 Å². The highest BCUT2D eigenvalue weighted by molar-refractivity contribution is 5.97. The minimum absolute atomic E-state index is 0.129. The van der Waals surface area contributed by atoms with Crippen LogP contribution in [-0.4, -0.2) is 36.1 Å². The zero-order chi connectivity index (χ0) is 14.4. The minimum Gasteiger partial charge on any atom is -0.496 e. The van der Waals surface area contributed by atoms with Gasteiger partial charge in [-0.3, -0.25) is 4.90 Å². The topological polar surface area (TPSA) is 71.1 Å². The summed E-state index contributed by atoms with van der Waals surface area (Å²) in [6, 6.07) is 5.62. The Kier molecular flexibility index (Phi) is 5.24. The van der Waals surface area contributed by atoms with Crippen molar-refractivity contribution in [2.75, 3.05) is 20.2 Å². The normalized spacial score (nSPS) is 17.8. The zero-order valence-electron chi connectivity index (χ0n) is 12.0. The van der Waals surface area contributed by atoms with Crippen molar-refractivity contribution >= 4 is 5.84 Å². The predicted molar refractivity (Wildman–Crippen MR) is 79.2 cm³/mol. The second-order valence-electron chi connectivity index (χ2n) is 5.20. The van der Waals surface area contributed by atoms with Gasteiger partial charge in [-0.2, -0.15) is 0 Å². The third-order valence-electron chi connectivity index (χ3n) is 3.78. The maximum atomic E-state index is 8.79. The van der Waals surface area contributed by atoms with Crippen molar-refractivity contribution in [2.45, 2.75) is 32.2 Å². The van der Waals surface area contributed by atoms with Crippen LogP contribution in [0.15, 0.2) is 23.4 Å². The fourth-order valence-corrected chi connectivity index (χ4v) is 2.65. The lowest BCUT2D eigenvalue weighted by atomic mass is 10.1. The summed E-state index contributed by atoms with van der Waals surface area (Å²) in [7, 11) is 1.67. The van der Waals surface area contributed by atoms with Crippen molar-refractivity contribution in [2.24, 2.45) is 10.9 Å². The molecule has 0 amide bonds. The van der Waals surface area contributed by atoms with Crippen LogP contribution in [-0.2, 0) is 6.54 Å². The van der Waals surface area contributed by atoms with Crippen molar-refractivity contribution < 1.29 is 9.94 Å². The number of oxime groups is 1. The van der Waals surface area contributed by atoms with Gasteiger partial charge in [0.1, 0.15) is 5.75 Å². The smallest absolute Gasteiger partial charge is 0.170 e. The zero-order valence-corrected chi connectivity index (χ0v) is 12.0. The Morgan fingerprint density at radius 2 is 2.00 bits per heavy atom. The van der Waals surface area contributed by atoms with E-state index in [0.29, 0.717) is 0 Å². The van der Waals surface area contributed by atoms with Gasteiger partial charge in [0.25, 0.3) is 0 Å². The number of methoxy groups -OCH3 is 1. The number of ether oxygens (including phenoxy) is 1. The molecule has 20 heavy (non-hydrogen) atoms. The third kappa shape index (κ3) is 3.63. The summed E-state index contributed by atoms with van der Waals surface area (Å²) >= 11 is 0. The molecule has 1 heterocycles. The van der Waals surface area contributed by atoms with E-state index in [1.165, 1.54) is 25.7 Å². The molecule has 1 fully saturated rings. The van der Waals surface area contributed by atoms with E-state index in [4.69, 9.17) is 15.7 Å². The average Bonchev–Trinajstić information content (AvgIpc) is 2.75. The average molecular weight is 277 g/mol. The number of nitrogens with zero attached hydrogens (tertiary/aromatic N) is 2. The van der Waals surface area contributed by atoms with E-state index in [0.717, 1.165) is 36.5 Å². The van der Waals surface area contributed by atoms with E-state index in [9.17, 15) is 0 Å². The van der Waals surface area contributed by atoms with Crippen LogP contribution in [0.25, 0.3) is 0 Å². The maximum absolute atomic E-state index is 8.79. The molecule has 1 aromatic carbocycles. The second-order valence-corrected chi connectivity index (χ2v) is 5.20. The molecule has 3 N–H and O–H groups in total. The summed E-state index contributed by atoms with van der Waals surface area (Å²) in [5.74, 6) is 0.980. The molecule has 0 aromatic heterocycles. The first-order valence-corrected chi connectivity index (χ1v) is 7.11. The number of hydrogen-bond acceptors (Lipinski definition) is 4. The third-order valence-corrected chi connectivity index (χ3v) is 3.78. The van der Waals surface area contributed by atoms with Crippen LogP contribution in [0.1, 0.15) is 36.8 Å².